The summed E-state index contributed by atoms with van der Waals surface area (Å²) in [5.41, 5.74) is 1.15. The van der Waals surface area contributed by atoms with Crippen molar-refractivity contribution in [1.82, 2.24) is 0 Å². The molecule has 1 N–H and O–H groups in total. The third-order valence-corrected chi connectivity index (χ3v) is 4.71. The van der Waals surface area contributed by atoms with Gasteiger partial charge in [-0.1, -0.05) is 41.9 Å². The quantitative estimate of drug-likeness (QED) is 0.380. The molecule has 0 aliphatic heterocycles. The molecule has 3 aromatic carbocycles. The summed E-state index contributed by atoms with van der Waals surface area (Å²) in [6, 6.07) is 22.0. The molecule has 0 spiro atoms. The van der Waals surface area contributed by atoms with E-state index >= 15 is 0 Å². The van der Waals surface area contributed by atoms with Gasteiger partial charge in [-0.05, 0) is 61.9 Å². The number of hydrogen-bond donors (Lipinski definition) is 1. The molecule has 6 nitrogen and oxygen atoms in total. The predicted molar refractivity (Wildman–Crippen MR) is 120 cm³/mol. The monoisotopic (exact) mass is 438 g/mol. The van der Waals surface area contributed by atoms with Gasteiger partial charge in [0.2, 0.25) is 0 Å². The molecule has 0 aliphatic rings. The van der Waals surface area contributed by atoms with Crippen LogP contribution in [0.4, 0.5) is 11.4 Å². The minimum atomic E-state index is -1.28. The molecule has 0 bridgehead atoms. The van der Waals surface area contributed by atoms with E-state index in [1.54, 1.807) is 30.3 Å². The molecule has 3 aromatic rings. The van der Waals surface area contributed by atoms with Crippen LogP contribution in [0.3, 0.4) is 0 Å². The number of benzene rings is 3. The maximum absolute atomic E-state index is 11.2. The highest BCUT2D eigenvalue weighted by Crippen LogP contribution is 2.30. The number of azo groups is 1. The Bertz CT molecular complexity index is 1050. The van der Waals surface area contributed by atoms with Crippen LogP contribution in [0.25, 0.3) is 0 Å². The molecular formula is C24H23ClN2O4. The van der Waals surface area contributed by atoms with Crippen molar-refractivity contribution in [2.45, 2.75) is 25.9 Å². The number of hydrogen-bond acceptors (Lipinski definition) is 5. The Labute approximate surface area is 186 Å². The zero-order valence-corrected chi connectivity index (χ0v) is 18.0. The van der Waals surface area contributed by atoms with Gasteiger partial charge in [-0.15, -0.1) is 0 Å². The van der Waals surface area contributed by atoms with Gasteiger partial charge in [-0.2, -0.15) is 10.2 Å². The first kappa shape index (κ1) is 22.3. The molecule has 0 amide bonds. The van der Waals surface area contributed by atoms with Crippen molar-refractivity contribution in [2.75, 3.05) is 6.61 Å². The van der Waals surface area contributed by atoms with Crippen molar-refractivity contribution in [3.63, 3.8) is 0 Å². The molecule has 0 aliphatic carbocycles. The Morgan fingerprint density at radius 3 is 2.29 bits per heavy atom. The Balaban J connectivity index is 1.52. The normalized spacial score (nSPS) is 11.5. The number of nitrogens with zero attached hydrogens (tertiary/aromatic N) is 2. The number of ether oxygens (including phenoxy) is 2. The van der Waals surface area contributed by atoms with Crippen molar-refractivity contribution in [1.29, 1.82) is 0 Å². The minimum Gasteiger partial charge on any atom is -0.492 e. The standard InChI is InChI=1S/C24H23ClN2O4/c1-24(2,23(28)29)31-20-11-8-17(9-12-20)14-15-30-22-13-10-19(16-21(22)25)27-26-18-6-4-3-5-7-18/h3-13,16H,14-15H2,1-2H3,(H,28,29). The fourth-order valence-corrected chi connectivity index (χ4v) is 2.85. The van der Waals surface area contributed by atoms with E-state index in [1.807, 2.05) is 42.5 Å². The average Bonchev–Trinajstić information content (AvgIpc) is 2.75. The maximum Gasteiger partial charge on any atom is 0.347 e. The van der Waals surface area contributed by atoms with Crippen LogP contribution in [0.5, 0.6) is 11.5 Å². The first-order valence-electron chi connectivity index (χ1n) is 9.74. The number of aliphatic carboxylic acids is 1. The Hall–Kier alpha value is -3.38. The smallest absolute Gasteiger partial charge is 0.347 e. The third kappa shape index (κ3) is 6.55. The summed E-state index contributed by atoms with van der Waals surface area (Å²) in [5.74, 6) is 0.0540. The highest BCUT2D eigenvalue weighted by Gasteiger charge is 2.29. The molecular weight excluding hydrogens is 416 g/mol. The Morgan fingerprint density at radius 1 is 0.968 bits per heavy atom. The van der Waals surface area contributed by atoms with E-state index in [4.69, 9.17) is 26.2 Å². The largest absolute Gasteiger partial charge is 0.492 e. The van der Waals surface area contributed by atoms with Gasteiger partial charge in [0.15, 0.2) is 5.60 Å². The van der Waals surface area contributed by atoms with Crippen LogP contribution in [-0.4, -0.2) is 23.3 Å². The van der Waals surface area contributed by atoms with Gasteiger partial charge >= 0.3 is 5.97 Å². The maximum atomic E-state index is 11.2. The van der Waals surface area contributed by atoms with Gasteiger partial charge in [0, 0.05) is 6.42 Å². The molecule has 0 saturated heterocycles. The second kappa shape index (κ2) is 10.1. The second-order valence-corrected chi connectivity index (χ2v) is 7.72. The molecule has 3 rings (SSSR count). The van der Waals surface area contributed by atoms with E-state index < -0.39 is 11.6 Å². The molecule has 0 fully saturated rings. The van der Waals surface area contributed by atoms with Gasteiger partial charge in [0.05, 0.1) is 23.0 Å². The van der Waals surface area contributed by atoms with Gasteiger partial charge in [0.1, 0.15) is 11.5 Å². The van der Waals surface area contributed by atoms with Crippen LogP contribution >= 0.6 is 11.6 Å². The third-order valence-electron chi connectivity index (χ3n) is 4.41. The highest BCUT2D eigenvalue weighted by atomic mass is 35.5. The summed E-state index contributed by atoms with van der Waals surface area (Å²) in [4.78, 5) is 11.2. The molecule has 0 unspecified atom stereocenters. The van der Waals surface area contributed by atoms with Crippen molar-refractivity contribution < 1.29 is 19.4 Å². The lowest BCUT2D eigenvalue weighted by molar-refractivity contribution is -0.152. The lowest BCUT2D eigenvalue weighted by Crippen LogP contribution is -2.37. The zero-order chi connectivity index (χ0) is 22.3. The molecule has 31 heavy (non-hydrogen) atoms. The minimum absolute atomic E-state index is 0.436. The number of carbonyl (C=O) groups is 1. The molecule has 0 aromatic heterocycles. The van der Waals surface area contributed by atoms with Gasteiger partial charge in [-0.3, -0.25) is 0 Å². The highest BCUT2D eigenvalue weighted by molar-refractivity contribution is 6.32. The summed E-state index contributed by atoms with van der Waals surface area (Å²) in [6.07, 6.45) is 0.661. The summed E-state index contributed by atoms with van der Waals surface area (Å²) < 4.78 is 11.3. The van der Waals surface area contributed by atoms with E-state index in [9.17, 15) is 4.79 Å². The Kier molecular flexibility index (Phi) is 7.26. The van der Waals surface area contributed by atoms with Crippen LogP contribution in [0, 0.1) is 0 Å². The van der Waals surface area contributed by atoms with Crippen molar-refractivity contribution in [3.05, 3.63) is 83.4 Å². The summed E-state index contributed by atoms with van der Waals surface area (Å²) in [5, 5.41) is 18.0. The van der Waals surface area contributed by atoms with Crippen molar-refractivity contribution >= 4 is 28.9 Å². The Morgan fingerprint density at radius 2 is 1.65 bits per heavy atom. The van der Waals surface area contributed by atoms with Crippen LogP contribution in [0.1, 0.15) is 19.4 Å². The first-order valence-corrected chi connectivity index (χ1v) is 10.1. The summed E-state index contributed by atoms with van der Waals surface area (Å²) >= 11 is 6.31. The number of carboxylic acid groups (broad SMARTS) is 1. The lowest BCUT2D eigenvalue weighted by Gasteiger charge is -2.21. The number of carboxylic acids is 1. The SMILES string of the molecule is CC(C)(Oc1ccc(CCOc2ccc(N=Nc3ccccc3)cc2Cl)cc1)C(=O)O. The van der Waals surface area contributed by atoms with Gasteiger partial charge in [0.25, 0.3) is 0 Å². The van der Waals surface area contributed by atoms with Crippen molar-refractivity contribution in [2.24, 2.45) is 10.2 Å². The number of rotatable bonds is 9. The van der Waals surface area contributed by atoms with E-state index in [0.29, 0.717) is 35.2 Å². The molecule has 0 radical (unpaired) electrons. The van der Waals surface area contributed by atoms with Gasteiger partial charge < -0.3 is 14.6 Å². The summed E-state index contributed by atoms with van der Waals surface area (Å²) in [6.45, 7) is 3.45. The molecule has 0 heterocycles. The summed E-state index contributed by atoms with van der Waals surface area (Å²) in [7, 11) is 0. The van der Waals surface area contributed by atoms with Gasteiger partial charge in [-0.25, -0.2) is 4.79 Å². The van der Waals surface area contributed by atoms with Crippen LogP contribution in [0.15, 0.2) is 83.0 Å². The fraction of sp³-hybridized carbons (Fsp3) is 0.208. The van der Waals surface area contributed by atoms with Crippen LogP contribution < -0.4 is 9.47 Å². The number of halogens is 1. The molecule has 160 valence electrons. The fourth-order valence-electron chi connectivity index (χ4n) is 2.62. The molecule has 7 heteroatoms. The van der Waals surface area contributed by atoms with Crippen LogP contribution in [0.2, 0.25) is 5.02 Å². The second-order valence-electron chi connectivity index (χ2n) is 7.31. The molecule has 0 atom stereocenters. The first-order chi connectivity index (χ1) is 14.8. The van der Waals surface area contributed by atoms with E-state index in [-0.39, 0.29) is 0 Å². The predicted octanol–water partition coefficient (Wildman–Crippen LogP) is 6.62. The van der Waals surface area contributed by atoms with E-state index in [2.05, 4.69) is 10.2 Å². The average molecular weight is 439 g/mol. The lowest BCUT2D eigenvalue weighted by atomic mass is 10.1. The van der Waals surface area contributed by atoms with E-state index in [0.717, 1.165) is 11.3 Å². The topological polar surface area (TPSA) is 80.5 Å². The molecule has 0 saturated carbocycles. The zero-order valence-electron chi connectivity index (χ0n) is 17.3. The van der Waals surface area contributed by atoms with Crippen LogP contribution in [-0.2, 0) is 11.2 Å². The van der Waals surface area contributed by atoms with E-state index in [1.165, 1.54) is 13.8 Å². The van der Waals surface area contributed by atoms with Crippen molar-refractivity contribution in [3.8, 4) is 11.5 Å².